The number of anilines is 3. The summed E-state index contributed by atoms with van der Waals surface area (Å²) in [4.78, 5) is 14.3. The highest BCUT2D eigenvalue weighted by Crippen LogP contribution is 2.39. The summed E-state index contributed by atoms with van der Waals surface area (Å²) in [5.74, 6) is 0.740. The molecule has 1 amide bonds. The van der Waals surface area contributed by atoms with Crippen LogP contribution in [0.4, 0.5) is 17.3 Å². The van der Waals surface area contributed by atoms with Crippen LogP contribution in [0.25, 0.3) is 0 Å². The molecule has 0 saturated heterocycles. The first-order chi connectivity index (χ1) is 14.2. The molecule has 0 aliphatic carbocycles. The second kappa shape index (κ2) is 8.71. The number of amides is 1. The molecule has 0 aliphatic rings. The van der Waals surface area contributed by atoms with E-state index in [1.165, 1.54) is 4.90 Å². The number of nitrogens with one attached hydrogen (secondary N) is 2. The Morgan fingerprint density at radius 1 is 1.07 bits per heavy atom. The van der Waals surface area contributed by atoms with E-state index >= 15 is 0 Å². The molecule has 3 rings (SSSR count). The number of hydrogen-bond acceptors (Lipinski definition) is 7. The minimum atomic E-state index is -0.304. The van der Waals surface area contributed by atoms with Crippen LogP contribution in [0.2, 0.25) is 0 Å². The molecule has 2 aromatic carbocycles. The summed E-state index contributed by atoms with van der Waals surface area (Å²) < 4.78 is 8.60. The highest BCUT2D eigenvalue weighted by molar-refractivity contribution is 6.99. The summed E-state index contributed by atoms with van der Waals surface area (Å²) in [6.45, 7) is 6.63. The Bertz CT molecular complexity index is 1030. The lowest BCUT2D eigenvalue weighted by atomic mass is 9.82. The number of phenolic OH excluding ortho intramolecular Hbond substituents is 1. The maximum Gasteiger partial charge on any atom is 0.257 e. The maximum atomic E-state index is 12.8. The molecule has 30 heavy (non-hydrogen) atoms. The van der Waals surface area contributed by atoms with Gasteiger partial charge in [0.15, 0.2) is 17.4 Å². The number of phenols is 1. The third-order valence-corrected chi connectivity index (χ3v) is 5.18. The van der Waals surface area contributed by atoms with Gasteiger partial charge in [0.05, 0.1) is 23.0 Å². The summed E-state index contributed by atoms with van der Waals surface area (Å²) in [6.07, 6.45) is 0. The summed E-state index contributed by atoms with van der Waals surface area (Å²) in [5.41, 5.74) is 2.29. The molecule has 1 aromatic heterocycles. The summed E-state index contributed by atoms with van der Waals surface area (Å²) >= 11 is 1.07. The van der Waals surface area contributed by atoms with Crippen LogP contribution >= 0.6 is 11.7 Å². The number of hydrogen-bond donors (Lipinski definition) is 3. The van der Waals surface area contributed by atoms with Gasteiger partial charge in [0.1, 0.15) is 0 Å². The smallest absolute Gasteiger partial charge is 0.257 e. The SMILES string of the molecule is CN(C)C(=O)c1c(C(C)(C)C)ccc(Nc2nsnc2NCc2ccccc2)c1O. The quantitative estimate of drug-likeness (QED) is 0.500. The largest absolute Gasteiger partial charge is 0.505 e. The minimum absolute atomic E-state index is 0.0943. The Hall–Kier alpha value is -3.13. The molecule has 0 saturated carbocycles. The number of nitrogens with zero attached hydrogens (tertiary/aromatic N) is 3. The number of carbonyl (C=O) groups excluding carboxylic acids is 1. The van der Waals surface area contributed by atoms with E-state index in [-0.39, 0.29) is 17.1 Å². The molecule has 158 valence electrons. The molecule has 0 bridgehead atoms. The van der Waals surface area contributed by atoms with Crippen LogP contribution in [0.5, 0.6) is 5.75 Å². The van der Waals surface area contributed by atoms with Crippen molar-refractivity contribution in [3.8, 4) is 5.75 Å². The van der Waals surface area contributed by atoms with Gasteiger partial charge >= 0.3 is 0 Å². The second-order valence-electron chi connectivity index (χ2n) is 8.26. The predicted molar refractivity (Wildman–Crippen MR) is 122 cm³/mol. The zero-order chi connectivity index (χ0) is 21.9. The first-order valence-electron chi connectivity index (χ1n) is 9.64. The summed E-state index contributed by atoms with van der Waals surface area (Å²) in [7, 11) is 3.34. The van der Waals surface area contributed by atoms with Crippen molar-refractivity contribution in [2.45, 2.75) is 32.7 Å². The topological polar surface area (TPSA) is 90.4 Å². The standard InChI is InChI=1S/C22H27N5O2S/c1-22(2,3)15-11-12-16(18(28)17(15)21(29)27(4)5)24-20-19(25-30-26-20)23-13-14-9-7-6-8-10-14/h6-12,28H,13H2,1-5H3,(H,23,25)(H,24,26). The fourth-order valence-electron chi connectivity index (χ4n) is 3.05. The molecule has 1 heterocycles. The van der Waals surface area contributed by atoms with Gasteiger partial charge < -0.3 is 20.6 Å². The van der Waals surface area contributed by atoms with E-state index in [1.807, 2.05) is 57.2 Å². The normalized spacial score (nSPS) is 11.2. The van der Waals surface area contributed by atoms with Crippen molar-refractivity contribution in [3.05, 3.63) is 59.2 Å². The van der Waals surface area contributed by atoms with Gasteiger partial charge in [-0.3, -0.25) is 4.79 Å². The van der Waals surface area contributed by atoms with Gasteiger partial charge in [0.2, 0.25) is 0 Å². The van der Waals surface area contributed by atoms with Gasteiger partial charge in [-0.15, -0.1) is 0 Å². The zero-order valence-corrected chi connectivity index (χ0v) is 18.7. The third-order valence-electron chi connectivity index (χ3n) is 4.65. The molecule has 8 heteroatoms. The highest BCUT2D eigenvalue weighted by atomic mass is 32.1. The van der Waals surface area contributed by atoms with Gasteiger partial charge in [0.25, 0.3) is 5.91 Å². The van der Waals surface area contributed by atoms with Crippen molar-refractivity contribution in [3.63, 3.8) is 0 Å². The average Bonchev–Trinajstić information content (AvgIpc) is 3.14. The van der Waals surface area contributed by atoms with Gasteiger partial charge in [-0.1, -0.05) is 57.2 Å². The summed E-state index contributed by atoms with van der Waals surface area (Å²) in [6, 6.07) is 13.6. The Kier molecular flexibility index (Phi) is 6.26. The molecule has 3 N–H and O–H groups in total. The fraction of sp³-hybridized carbons (Fsp3) is 0.318. The predicted octanol–water partition coefficient (Wildman–Crippen LogP) is 4.60. The van der Waals surface area contributed by atoms with Gasteiger partial charge in [-0.25, -0.2) is 0 Å². The van der Waals surface area contributed by atoms with Crippen LogP contribution in [-0.2, 0) is 12.0 Å². The van der Waals surface area contributed by atoms with Crippen LogP contribution in [0.1, 0.15) is 42.3 Å². The Morgan fingerprint density at radius 3 is 2.37 bits per heavy atom. The van der Waals surface area contributed by atoms with E-state index in [2.05, 4.69) is 19.4 Å². The monoisotopic (exact) mass is 425 g/mol. The van der Waals surface area contributed by atoms with Crippen LogP contribution in [0.3, 0.4) is 0 Å². The Balaban J connectivity index is 1.90. The Labute approximate surface area is 181 Å². The molecule has 0 radical (unpaired) electrons. The van der Waals surface area contributed by atoms with Crippen molar-refractivity contribution in [1.82, 2.24) is 13.6 Å². The van der Waals surface area contributed by atoms with E-state index < -0.39 is 0 Å². The average molecular weight is 426 g/mol. The van der Waals surface area contributed by atoms with Gasteiger partial charge in [-0.2, -0.15) is 8.75 Å². The van der Waals surface area contributed by atoms with E-state index in [1.54, 1.807) is 20.2 Å². The fourth-order valence-corrected chi connectivity index (χ4v) is 3.54. The molecule has 7 nitrogen and oxygen atoms in total. The molecular formula is C22H27N5O2S. The number of carbonyl (C=O) groups is 1. The number of aromatic nitrogens is 2. The third kappa shape index (κ3) is 4.71. The maximum absolute atomic E-state index is 12.8. The van der Waals surface area contributed by atoms with Crippen LogP contribution in [-0.4, -0.2) is 38.8 Å². The minimum Gasteiger partial charge on any atom is -0.505 e. The lowest BCUT2D eigenvalue weighted by Crippen LogP contribution is -2.26. The lowest BCUT2D eigenvalue weighted by molar-refractivity contribution is 0.0822. The molecule has 3 aromatic rings. The Morgan fingerprint density at radius 2 is 1.73 bits per heavy atom. The number of aromatic hydroxyl groups is 1. The van der Waals surface area contributed by atoms with Gasteiger partial charge in [-0.05, 0) is 22.6 Å². The van der Waals surface area contributed by atoms with E-state index in [9.17, 15) is 9.90 Å². The van der Waals surface area contributed by atoms with Crippen LogP contribution in [0, 0.1) is 0 Å². The van der Waals surface area contributed by atoms with Crippen molar-refractivity contribution in [2.75, 3.05) is 24.7 Å². The first-order valence-corrected chi connectivity index (χ1v) is 10.4. The molecule has 0 unspecified atom stereocenters. The molecular weight excluding hydrogens is 398 g/mol. The number of rotatable bonds is 6. The van der Waals surface area contributed by atoms with Crippen molar-refractivity contribution in [1.29, 1.82) is 0 Å². The zero-order valence-electron chi connectivity index (χ0n) is 17.9. The van der Waals surface area contributed by atoms with Crippen molar-refractivity contribution < 1.29 is 9.90 Å². The summed E-state index contributed by atoms with van der Waals surface area (Å²) in [5, 5.41) is 17.4. The van der Waals surface area contributed by atoms with Crippen LogP contribution in [0.15, 0.2) is 42.5 Å². The van der Waals surface area contributed by atoms with E-state index in [0.717, 1.165) is 22.9 Å². The second-order valence-corrected chi connectivity index (χ2v) is 8.79. The van der Waals surface area contributed by atoms with Crippen LogP contribution < -0.4 is 10.6 Å². The van der Waals surface area contributed by atoms with Crippen molar-refractivity contribution in [2.24, 2.45) is 0 Å². The molecule has 0 aliphatic heterocycles. The molecule has 0 spiro atoms. The highest BCUT2D eigenvalue weighted by Gasteiger charge is 2.28. The first kappa shape index (κ1) is 21.6. The van der Waals surface area contributed by atoms with Crippen molar-refractivity contribution >= 4 is 35.0 Å². The van der Waals surface area contributed by atoms with E-state index in [0.29, 0.717) is 29.4 Å². The number of benzene rings is 2. The lowest BCUT2D eigenvalue weighted by Gasteiger charge is -2.25. The van der Waals surface area contributed by atoms with E-state index in [4.69, 9.17) is 0 Å². The molecule has 0 fully saturated rings. The molecule has 0 atom stereocenters. The van der Waals surface area contributed by atoms with Gasteiger partial charge in [0, 0.05) is 20.6 Å².